The molecule has 0 amide bonds. The number of aromatic amines is 4. The molecule has 0 fully saturated rings. The van der Waals surface area contributed by atoms with Crippen molar-refractivity contribution in [1.82, 2.24) is 19.9 Å². The molecule has 6 heteroatoms. The molecule has 0 spiro atoms. The van der Waals surface area contributed by atoms with Gasteiger partial charge in [-0.15, -0.1) is 0 Å². The number of fused-ring (bicyclic) bond motifs is 8. The van der Waals surface area contributed by atoms with Gasteiger partial charge in [-0.25, -0.2) is 0 Å². The topological polar surface area (TPSA) is 104 Å². The fourth-order valence-corrected chi connectivity index (χ4v) is 3.16. The standard InChI is InChI=1S/C20H16N4O2/c25-19-15-5-3-13(22-15)9-11-1-2-12(21-11)10-14-4-6-16(23-14)20(26)18-8-7-17(19)24-18/h1-10,21-26H. The number of H-pyrrole nitrogens is 4. The van der Waals surface area contributed by atoms with E-state index in [-0.39, 0.29) is 11.5 Å². The molecule has 0 atom stereocenters. The second-order valence-corrected chi connectivity index (χ2v) is 6.30. The van der Waals surface area contributed by atoms with Gasteiger partial charge in [-0.1, -0.05) is 0 Å². The number of rotatable bonds is 0. The van der Waals surface area contributed by atoms with Crippen LogP contribution in [-0.4, -0.2) is 30.1 Å². The predicted octanol–water partition coefficient (Wildman–Crippen LogP) is 0.399. The van der Waals surface area contributed by atoms with Gasteiger partial charge >= 0.3 is 0 Å². The van der Waals surface area contributed by atoms with Gasteiger partial charge in [-0.05, 0) is 60.7 Å². The zero-order valence-corrected chi connectivity index (χ0v) is 13.7. The number of aliphatic hydroxyl groups excluding tert-OH is 2. The van der Waals surface area contributed by atoms with Crippen molar-refractivity contribution in [2.24, 2.45) is 0 Å². The SMILES string of the molecule is OC1=c2ccc([nH]2)=C(O)c2ccc([nH]2)C=c2ccc([nH]2)=Cc2ccc1[nH]2. The maximum absolute atomic E-state index is 10.5. The van der Waals surface area contributed by atoms with Crippen LogP contribution in [0.3, 0.4) is 0 Å². The molecule has 128 valence electrons. The van der Waals surface area contributed by atoms with Crippen molar-refractivity contribution in [2.45, 2.75) is 0 Å². The van der Waals surface area contributed by atoms with Crippen molar-refractivity contribution in [2.75, 3.05) is 0 Å². The first kappa shape index (κ1) is 14.5. The van der Waals surface area contributed by atoms with E-state index in [9.17, 15) is 10.2 Å². The van der Waals surface area contributed by atoms with Crippen molar-refractivity contribution in [3.05, 3.63) is 92.7 Å². The minimum Gasteiger partial charge on any atom is -0.504 e. The summed E-state index contributed by atoms with van der Waals surface area (Å²) < 4.78 is 0. The van der Waals surface area contributed by atoms with Crippen LogP contribution in [0.2, 0.25) is 0 Å². The highest BCUT2D eigenvalue weighted by Gasteiger charge is 2.07. The van der Waals surface area contributed by atoms with Gasteiger partial charge in [0.2, 0.25) is 0 Å². The highest BCUT2D eigenvalue weighted by atomic mass is 16.3. The summed E-state index contributed by atoms with van der Waals surface area (Å²) in [5.41, 5.74) is 2.93. The van der Waals surface area contributed by atoms with Gasteiger partial charge in [0.1, 0.15) is 0 Å². The third-order valence-electron chi connectivity index (χ3n) is 4.48. The Balaban J connectivity index is 1.85. The molecule has 0 radical (unpaired) electrons. The number of nitrogens with one attached hydrogen (secondary N) is 4. The van der Waals surface area contributed by atoms with E-state index >= 15 is 0 Å². The zero-order chi connectivity index (χ0) is 17.7. The second-order valence-electron chi connectivity index (χ2n) is 6.30. The third kappa shape index (κ3) is 2.36. The van der Waals surface area contributed by atoms with Gasteiger partial charge in [0.05, 0.1) is 22.1 Å². The van der Waals surface area contributed by atoms with Crippen LogP contribution < -0.4 is 21.4 Å². The maximum atomic E-state index is 10.5. The quantitative estimate of drug-likeness (QED) is 0.278. The summed E-state index contributed by atoms with van der Waals surface area (Å²) in [6.45, 7) is 0. The lowest BCUT2D eigenvalue weighted by Gasteiger charge is -1.96. The summed E-state index contributed by atoms with van der Waals surface area (Å²) in [6, 6.07) is 14.9. The summed E-state index contributed by atoms with van der Waals surface area (Å²) in [4.78, 5) is 12.7. The van der Waals surface area contributed by atoms with Crippen LogP contribution in [0.1, 0.15) is 22.8 Å². The van der Waals surface area contributed by atoms with Gasteiger partial charge in [-0.3, -0.25) is 0 Å². The van der Waals surface area contributed by atoms with Crippen LogP contribution in [0.25, 0.3) is 23.7 Å². The van der Waals surface area contributed by atoms with E-state index in [1.165, 1.54) is 0 Å². The van der Waals surface area contributed by atoms with E-state index in [1.54, 1.807) is 12.1 Å². The molecule has 1 aliphatic heterocycles. The lowest BCUT2D eigenvalue weighted by molar-refractivity contribution is 0.499. The predicted molar refractivity (Wildman–Crippen MR) is 99.1 cm³/mol. The van der Waals surface area contributed by atoms with E-state index in [0.29, 0.717) is 22.1 Å². The first-order valence-corrected chi connectivity index (χ1v) is 8.24. The Labute approximate surface area is 147 Å². The molecule has 1 aliphatic rings. The van der Waals surface area contributed by atoms with E-state index in [0.717, 1.165) is 22.1 Å². The number of aliphatic hydroxyl groups is 2. The molecular weight excluding hydrogens is 328 g/mol. The molecule has 0 aromatic carbocycles. The van der Waals surface area contributed by atoms with Gasteiger partial charge < -0.3 is 30.1 Å². The van der Waals surface area contributed by atoms with Gasteiger partial charge in [-0.2, -0.15) is 0 Å². The van der Waals surface area contributed by atoms with E-state index in [1.807, 2.05) is 48.6 Å². The zero-order valence-electron chi connectivity index (χ0n) is 13.7. The molecule has 8 bridgehead atoms. The van der Waals surface area contributed by atoms with Crippen molar-refractivity contribution in [3.8, 4) is 0 Å². The van der Waals surface area contributed by atoms with Crippen LogP contribution >= 0.6 is 0 Å². The van der Waals surface area contributed by atoms with E-state index in [4.69, 9.17) is 0 Å². The smallest absolute Gasteiger partial charge is 0.162 e. The average Bonchev–Trinajstić information content (AvgIpc) is 3.41. The molecule has 26 heavy (non-hydrogen) atoms. The van der Waals surface area contributed by atoms with Gasteiger partial charge in [0.25, 0.3) is 0 Å². The largest absolute Gasteiger partial charge is 0.504 e. The fourth-order valence-electron chi connectivity index (χ4n) is 3.16. The van der Waals surface area contributed by atoms with Gasteiger partial charge in [0, 0.05) is 22.1 Å². The molecule has 6 N–H and O–H groups in total. The van der Waals surface area contributed by atoms with Crippen molar-refractivity contribution in [1.29, 1.82) is 0 Å². The summed E-state index contributed by atoms with van der Waals surface area (Å²) in [6.07, 6.45) is 3.94. The molecule has 4 aromatic rings. The Morgan fingerprint density at radius 2 is 1.00 bits per heavy atom. The second kappa shape index (κ2) is 5.35. The van der Waals surface area contributed by atoms with Crippen LogP contribution in [-0.2, 0) is 0 Å². The Bertz CT molecular complexity index is 1260. The fraction of sp³-hybridized carbons (Fsp3) is 0. The number of aromatic nitrogens is 4. The minimum absolute atomic E-state index is 0.0866. The van der Waals surface area contributed by atoms with Crippen LogP contribution in [0.5, 0.6) is 0 Å². The highest BCUT2D eigenvalue weighted by molar-refractivity contribution is 5.60. The van der Waals surface area contributed by atoms with Crippen LogP contribution in [0, 0.1) is 0 Å². The van der Waals surface area contributed by atoms with Crippen LogP contribution in [0.4, 0.5) is 0 Å². The number of hydrogen-bond acceptors (Lipinski definition) is 2. The van der Waals surface area contributed by atoms with Crippen LogP contribution in [0.15, 0.2) is 48.5 Å². The molecule has 0 saturated carbocycles. The third-order valence-corrected chi connectivity index (χ3v) is 4.48. The Morgan fingerprint density at radius 1 is 0.500 bits per heavy atom. The monoisotopic (exact) mass is 344 g/mol. The Hall–Kier alpha value is -3.80. The molecule has 5 heterocycles. The summed E-state index contributed by atoms with van der Waals surface area (Å²) in [5.74, 6) is 0.173. The van der Waals surface area contributed by atoms with E-state index in [2.05, 4.69) is 19.9 Å². The van der Waals surface area contributed by atoms with Crippen molar-refractivity contribution < 1.29 is 10.2 Å². The maximum Gasteiger partial charge on any atom is 0.162 e. The Morgan fingerprint density at radius 3 is 1.50 bits per heavy atom. The highest BCUT2D eigenvalue weighted by Crippen LogP contribution is 2.10. The molecule has 0 unspecified atom stereocenters. The van der Waals surface area contributed by atoms with Crippen molar-refractivity contribution >= 4 is 23.7 Å². The number of hydrogen-bond donors (Lipinski definition) is 6. The summed E-state index contributed by atoms with van der Waals surface area (Å²) in [7, 11) is 0. The average molecular weight is 344 g/mol. The summed E-state index contributed by atoms with van der Waals surface area (Å²) >= 11 is 0. The van der Waals surface area contributed by atoms with E-state index < -0.39 is 0 Å². The molecule has 0 aliphatic carbocycles. The molecular formula is C20H16N4O2. The molecule has 5 rings (SSSR count). The first-order valence-electron chi connectivity index (χ1n) is 8.24. The lowest BCUT2D eigenvalue weighted by Crippen LogP contribution is -2.16. The first-order chi connectivity index (χ1) is 12.7. The minimum atomic E-state index is 0.0866. The van der Waals surface area contributed by atoms with Gasteiger partial charge in [0.15, 0.2) is 11.5 Å². The van der Waals surface area contributed by atoms with Crippen molar-refractivity contribution in [3.63, 3.8) is 0 Å². The Kier molecular flexibility index (Phi) is 2.99. The molecule has 4 aromatic heterocycles. The lowest BCUT2D eigenvalue weighted by atomic mass is 10.3. The molecule has 6 nitrogen and oxygen atoms in total. The summed E-state index contributed by atoms with van der Waals surface area (Å²) in [5, 5.41) is 24.0. The normalized spacial score (nSPS) is 13.4. The molecule has 0 saturated heterocycles.